The fraction of sp³-hybridized carbons (Fsp3) is 0.286. The minimum atomic E-state index is -0.546. The van der Waals surface area contributed by atoms with Crippen molar-refractivity contribution in [1.29, 1.82) is 0 Å². The summed E-state index contributed by atoms with van der Waals surface area (Å²) >= 11 is 6.57. The van der Waals surface area contributed by atoms with E-state index in [2.05, 4.69) is 37.0 Å². The molecule has 2 aromatic rings. The molecule has 1 aromatic heterocycles. The number of benzene rings is 1. The highest BCUT2D eigenvalue weighted by Gasteiger charge is 2.22. The van der Waals surface area contributed by atoms with E-state index in [-0.39, 0.29) is 5.56 Å². The Morgan fingerprint density at radius 2 is 2.10 bits per heavy atom. The summed E-state index contributed by atoms with van der Waals surface area (Å²) < 4.78 is 16.7. The van der Waals surface area contributed by atoms with Crippen LogP contribution >= 0.6 is 31.9 Å². The molecule has 112 valence electrons. The molecule has 0 unspecified atom stereocenters. The number of halogens is 3. The SMILES string of the molecule is CN(C)CCn1ncc(Br)c1C(=O)c1cc(Br)ccc1F. The summed E-state index contributed by atoms with van der Waals surface area (Å²) in [5.41, 5.74) is 0.380. The standard InChI is InChI=1S/C14H14Br2FN3O/c1-19(2)5-6-20-13(11(16)8-18-20)14(21)10-7-9(15)3-4-12(10)17/h3-4,7-8H,5-6H2,1-2H3. The number of hydrogen-bond donors (Lipinski definition) is 0. The Morgan fingerprint density at radius 1 is 1.38 bits per heavy atom. The normalized spacial score (nSPS) is 11.1. The van der Waals surface area contributed by atoms with Crippen molar-refractivity contribution >= 4 is 37.6 Å². The van der Waals surface area contributed by atoms with Crippen LogP contribution < -0.4 is 0 Å². The van der Waals surface area contributed by atoms with Gasteiger partial charge in [-0.25, -0.2) is 4.39 Å². The maximum absolute atomic E-state index is 13.9. The first-order chi connectivity index (χ1) is 9.90. The lowest BCUT2D eigenvalue weighted by Crippen LogP contribution is -2.22. The first-order valence-corrected chi connectivity index (χ1v) is 7.84. The number of ketones is 1. The Morgan fingerprint density at radius 3 is 2.76 bits per heavy atom. The Bertz CT molecular complexity index is 670. The third-order valence-corrected chi connectivity index (χ3v) is 4.02. The maximum Gasteiger partial charge on any atom is 0.215 e. The summed E-state index contributed by atoms with van der Waals surface area (Å²) in [6.45, 7) is 1.28. The lowest BCUT2D eigenvalue weighted by Gasteiger charge is -2.12. The minimum Gasteiger partial charge on any atom is -0.308 e. The minimum absolute atomic E-state index is 0.0247. The van der Waals surface area contributed by atoms with Crippen molar-refractivity contribution in [2.24, 2.45) is 0 Å². The van der Waals surface area contributed by atoms with Crippen molar-refractivity contribution in [1.82, 2.24) is 14.7 Å². The molecule has 1 aromatic carbocycles. The Labute approximate surface area is 139 Å². The van der Waals surface area contributed by atoms with Crippen molar-refractivity contribution < 1.29 is 9.18 Å². The van der Waals surface area contributed by atoms with Crippen molar-refractivity contribution in [2.45, 2.75) is 6.54 Å². The molecule has 0 radical (unpaired) electrons. The van der Waals surface area contributed by atoms with Gasteiger partial charge in [-0.05, 0) is 48.2 Å². The van der Waals surface area contributed by atoms with Crippen molar-refractivity contribution in [3.63, 3.8) is 0 Å². The summed E-state index contributed by atoms with van der Waals surface area (Å²) in [5, 5.41) is 4.17. The molecule has 0 bridgehead atoms. The van der Waals surface area contributed by atoms with E-state index >= 15 is 0 Å². The van der Waals surface area contributed by atoms with Crippen molar-refractivity contribution in [3.8, 4) is 0 Å². The first kappa shape index (κ1) is 16.3. The molecule has 7 heteroatoms. The van der Waals surface area contributed by atoms with E-state index in [0.717, 1.165) is 6.54 Å². The topological polar surface area (TPSA) is 38.1 Å². The number of likely N-dealkylation sites (N-methyl/N-ethyl adjacent to an activating group) is 1. The lowest BCUT2D eigenvalue weighted by molar-refractivity contribution is 0.102. The van der Waals surface area contributed by atoms with Crippen LogP contribution in [-0.2, 0) is 6.54 Å². The maximum atomic E-state index is 13.9. The summed E-state index contributed by atoms with van der Waals surface area (Å²) in [5.74, 6) is -0.938. The van der Waals surface area contributed by atoms with Crippen molar-refractivity contribution in [3.05, 3.63) is 50.4 Å². The van der Waals surface area contributed by atoms with E-state index in [0.29, 0.717) is 21.2 Å². The third kappa shape index (κ3) is 3.78. The summed E-state index contributed by atoms with van der Waals surface area (Å²) in [6.07, 6.45) is 1.55. The fourth-order valence-corrected chi connectivity index (χ4v) is 2.69. The van der Waals surface area contributed by atoms with Gasteiger partial charge >= 0.3 is 0 Å². The second-order valence-corrected chi connectivity index (χ2v) is 6.59. The predicted molar refractivity (Wildman–Crippen MR) is 86.0 cm³/mol. The Kier molecular flexibility index (Phi) is 5.29. The lowest BCUT2D eigenvalue weighted by atomic mass is 10.1. The van der Waals surface area contributed by atoms with Gasteiger partial charge in [0.2, 0.25) is 5.78 Å². The van der Waals surface area contributed by atoms with Crippen LogP contribution in [0.1, 0.15) is 16.1 Å². The van der Waals surface area contributed by atoms with E-state index in [1.807, 2.05) is 19.0 Å². The summed E-state index contributed by atoms with van der Waals surface area (Å²) in [4.78, 5) is 14.6. The van der Waals surface area contributed by atoms with Gasteiger partial charge in [0.15, 0.2) is 0 Å². The van der Waals surface area contributed by atoms with Crippen LogP contribution in [0.2, 0.25) is 0 Å². The van der Waals surface area contributed by atoms with Gasteiger partial charge in [0.25, 0.3) is 0 Å². The zero-order valence-electron chi connectivity index (χ0n) is 11.6. The summed E-state index contributed by atoms with van der Waals surface area (Å²) in [6, 6.07) is 4.31. The highest BCUT2D eigenvalue weighted by atomic mass is 79.9. The van der Waals surface area contributed by atoms with E-state index in [1.165, 1.54) is 12.1 Å². The number of nitrogens with zero attached hydrogens (tertiary/aromatic N) is 3. The third-order valence-electron chi connectivity index (χ3n) is 2.94. The molecule has 0 aliphatic heterocycles. The van der Waals surface area contributed by atoms with Gasteiger partial charge in [0.05, 0.1) is 22.8 Å². The molecular weight excluding hydrogens is 405 g/mol. The number of carbonyl (C=O) groups excluding carboxylic acids is 1. The molecule has 0 N–H and O–H groups in total. The van der Waals surface area contributed by atoms with E-state index in [9.17, 15) is 9.18 Å². The Balaban J connectivity index is 2.39. The molecule has 2 rings (SSSR count). The molecule has 0 saturated heterocycles. The molecule has 0 spiro atoms. The number of carbonyl (C=O) groups is 1. The van der Waals surface area contributed by atoms with Gasteiger partial charge < -0.3 is 4.90 Å². The average molecular weight is 419 g/mol. The van der Waals surface area contributed by atoms with E-state index in [1.54, 1.807) is 16.9 Å². The highest BCUT2D eigenvalue weighted by Crippen LogP contribution is 2.23. The highest BCUT2D eigenvalue weighted by molar-refractivity contribution is 9.10. The van der Waals surface area contributed by atoms with Gasteiger partial charge in [-0.2, -0.15) is 5.10 Å². The predicted octanol–water partition coefficient (Wildman–Crippen LogP) is 3.34. The number of aromatic nitrogens is 2. The number of rotatable bonds is 5. The van der Waals surface area contributed by atoms with Gasteiger partial charge in [0.1, 0.15) is 11.5 Å². The monoisotopic (exact) mass is 417 g/mol. The molecule has 0 saturated carbocycles. The average Bonchev–Trinajstić information content (AvgIpc) is 2.79. The molecule has 0 aliphatic carbocycles. The van der Waals surface area contributed by atoms with Gasteiger partial charge in [-0.15, -0.1) is 0 Å². The van der Waals surface area contributed by atoms with Crippen LogP contribution in [0.25, 0.3) is 0 Å². The first-order valence-electron chi connectivity index (χ1n) is 6.26. The summed E-state index contributed by atoms with van der Waals surface area (Å²) in [7, 11) is 3.88. The molecule has 1 heterocycles. The van der Waals surface area contributed by atoms with Crippen LogP contribution in [-0.4, -0.2) is 41.1 Å². The second kappa shape index (κ2) is 6.81. The van der Waals surface area contributed by atoms with Gasteiger partial charge in [-0.3, -0.25) is 9.48 Å². The van der Waals surface area contributed by atoms with Crippen LogP contribution in [0.4, 0.5) is 4.39 Å². The van der Waals surface area contributed by atoms with Crippen LogP contribution in [0.15, 0.2) is 33.3 Å². The molecule has 0 atom stereocenters. The van der Waals surface area contributed by atoms with E-state index < -0.39 is 11.6 Å². The molecular formula is C14H14Br2FN3O. The quantitative estimate of drug-likeness (QED) is 0.699. The zero-order chi connectivity index (χ0) is 15.6. The van der Waals surface area contributed by atoms with E-state index in [4.69, 9.17) is 0 Å². The van der Waals surface area contributed by atoms with Gasteiger partial charge in [0, 0.05) is 11.0 Å². The molecule has 0 fully saturated rings. The van der Waals surface area contributed by atoms with Crippen molar-refractivity contribution in [2.75, 3.05) is 20.6 Å². The van der Waals surface area contributed by atoms with Crippen LogP contribution in [0.3, 0.4) is 0 Å². The molecule has 21 heavy (non-hydrogen) atoms. The van der Waals surface area contributed by atoms with Crippen LogP contribution in [0, 0.1) is 5.82 Å². The largest absolute Gasteiger partial charge is 0.308 e. The molecule has 0 amide bonds. The zero-order valence-corrected chi connectivity index (χ0v) is 14.8. The van der Waals surface area contributed by atoms with Crippen LogP contribution in [0.5, 0.6) is 0 Å². The number of hydrogen-bond acceptors (Lipinski definition) is 3. The molecule has 0 aliphatic rings. The Hall–Kier alpha value is -1.05. The smallest absolute Gasteiger partial charge is 0.215 e. The fourth-order valence-electron chi connectivity index (χ4n) is 1.85. The van der Waals surface area contributed by atoms with Gasteiger partial charge in [-0.1, -0.05) is 15.9 Å². The molecule has 4 nitrogen and oxygen atoms in total. The second-order valence-electron chi connectivity index (χ2n) is 4.82.